The van der Waals surface area contributed by atoms with Gasteiger partial charge in [0, 0.05) is 83.1 Å². The van der Waals surface area contributed by atoms with Crippen LogP contribution < -0.4 is 14.5 Å². The Labute approximate surface area is 301 Å². The number of piperazine rings is 1. The van der Waals surface area contributed by atoms with E-state index in [1.807, 2.05) is 13.1 Å². The summed E-state index contributed by atoms with van der Waals surface area (Å²) in [5, 5.41) is 0. The fourth-order valence-electron chi connectivity index (χ4n) is 7.63. The second-order valence-corrected chi connectivity index (χ2v) is 16.3. The van der Waals surface area contributed by atoms with E-state index in [9.17, 15) is 21.6 Å². The summed E-state index contributed by atoms with van der Waals surface area (Å²) in [5.74, 6) is 1.01. The first-order chi connectivity index (χ1) is 24.8. The summed E-state index contributed by atoms with van der Waals surface area (Å²) in [7, 11) is 0.486. The van der Waals surface area contributed by atoms with E-state index in [-0.39, 0.29) is 22.6 Å². The van der Waals surface area contributed by atoms with Crippen LogP contribution in [-0.2, 0) is 20.9 Å². The molecule has 2 saturated carbocycles. The highest BCUT2D eigenvalue weighted by molar-refractivity contribution is 7.88. The zero-order valence-corrected chi connectivity index (χ0v) is 30.5. The number of pyridine rings is 2. The summed E-state index contributed by atoms with van der Waals surface area (Å²) in [6, 6.07) is 2.99. The van der Waals surface area contributed by atoms with Crippen LogP contribution in [0.4, 0.5) is 24.7 Å². The number of hydrogen-bond donors (Lipinski definition) is 2. The molecule has 0 aromatic carbocycles. The second kappa shape index (κ2) is 14.5. The first kappa shape index (κ1) is 36.4. The molecular weight excluding hydrogens is 698 g/mol. The molecule has 4 aromatic heterocycles. The molecule has 0 bridgehead atoms. The number of nitrogens with zero attached hydrogens (tertiary/aromatic N) is 8. The minimum Gasteiger partial charge on any atom is -0.384 e. The number of anilines is 2. The van der Waals surface area contributed by atoms with E-state index in [1.54, 1.807) is 19.5 Å². The number of aromatic amines is 1. The van der Waals surface area contributed by atoms with Gasteiger partial charge in [-0.15, -0.1) is 0 Å². The number of halogens is 3. The Morgan fingerprint density at radius 1 is 1.02 bits per heavy atom. The molecule has 13 nitrogen and oxygen atoms in total. The molecule has 0 radical (unpaired) electrons. The number of aromatic nitrogens is 6. The van der Waals surface area contributed by atoms with Crippen LogP contribution in [-0.4, -0.2) is 116 Å². The molecule has 0 amide bonds. The fourth-order valence-corrected chi connectivity index (χ4v) is 8.09. The van der Waals surface area contributed by atoms with Crippen molar-refractivity contribution in [1.29, 1.82) is 0 Å². The number of sulfonamides is 1. The van der Waals surface area contributed by atoms with Gasteiger partial charge in [0.25, 0.3) is 0 Å². The van der Waals surface area contributed by atoms with E-state index in [4.69, 9.17) is 14.7 Å². The van der Waals surface area contributed by atoms with Crippen LogP contribution in [0.2, 0.25) is 0 Å². The lowest BCUT2D eigenvalue weighted by Crippen LogP contribution is -2.48. The summed E-state index contributed by atoms with van der Waals surface area (Å²) >= 11 is 0. The molecule has 0 spiro atoms. The molecule has 1 saturated heterocycles. The Bertz CT molecular complexity index is 1990. The normalized spacial score (nSPS) is 18.4. The van der Waals surface area contributed by atoms with Crippen LogP contribution in [0.25, 0.3) is 33.9 Å². The average Bonchev–Trinajstić information content (AvgIpc) is 3.71. The van der Waals surface area contributed by atoms with Crippen molar-refractivity contribution in [3.05, 3.63) is 42.0 Å². The van der Waals surface area contributed by atoms with Gasteiger partial charge in [-0.25, -0.2) is 33.1 Å². The van der Waals surface area contributed by atoms with Crippen molar-refractivity contribution in [3.8, 4) is 22.8 Å². The van der Waals surface area contributed by atoms with E-state index in [1.165, 1.54) is 12.3 Å². The van der Waals surface area contributed by atoms with Crippen molar-refractivity contribution in [1.82, 2.24) is 39.5 Å². The molecule has 7 rings (SSSR count). The van der Waals surface area contributed by atoms with Gasteiger partial charge in [-0.3, -0.25) is 9.88 Å². The molecule has 1 aliphatic heterocycles. The lowest BCUT2D eigenvalue weighted by molar-refractivity contribution is -0.138. The number of methoxy groups -OCH3 is 1. The zero-order valence-electron chi connectivity index (χ0n) is 29.7. The molecule has 0 unspecified atom stereocenters. The SMILES string of the molecule is COCC1(CN(C)c2cc(-c3cnc(C4CC4)c(C(F)(F)F)c3)nc3nc(-c4cnc(N5CCN(CCNS(C)(=O)=O)CC5)cn4)[nH]c23)CCCC1. The van der Waals surface area contributed by atoms with Crippen molar-refractivity contribution in [2.24, 2.45) is 5.41 Å². The number of ether oxygens (including phenoxy) is 1. The standard InChI is InChI=1S/C35H45F3N10O3S/c1-46(21-34(22-51-2)8-4-5-9-34)28-17-26(24-16-25(35(36,37)38)30(41-18-24)23-6-7-23)43-33-31(28)44-32(45-33)27-19-40-29(20-39-27)48-14-12-47(13-15-48)11-10-42-52(3,49)50/h16-20,23,42H,4-15,21-22H2,1-3H3,(H,43,44,45). The largest absolute Gasteiger partial charge is 0.418 e. The monoisotopic (exact) mass is 742 g/mol. The highest BCUT2D eigenvalue weighted by Crippen LogP contribution is 2.46. The molecular formula is C35H45F3N10O3S. The Morgan fingerprint density at radius 3 is 2.40 bits per heavy atom. The van der Waals surface area contributed by atoms with E-state index < -0.39 is 21.8 Å². The van der Waals surface area contributed by atoms with Crippen molar-refractivity contribution in [2.75, 3.05) is 82.6 Å². The zero-order chi connectivity index (χ0) is 36.7. The number of imidazole rings is 1. The van der Waals surface area contributed by atoms with E-state index in [0.717, 1.165) is 69.6 Å². The first-order valence-electron chi connectivity index (χ1n) is 17.7. The van der Waals surface area contributed by atoms with Crippen molar-refractivity contribution in [3.63, 3.8) is 0 Å². The van der Waals surface area contributed by atoms with Gasteiger partial charge >= 0.3 is 6.18 Å². The molecule has 3 fully saturated rings. The molecule has 17 heteroatoms. The predicted molar refractivity (Wildman–Crippen MR) is 193 cm³/mol. The number of fused-ring (bicyclic) bond motifs is 1. The molecule has 3 aliphatic rings. The topological polar surface area (TPSA) is 145 Å². The summed E-state index contributed by atoms with van der Waals surface area (Å²) in [4.78, 5) is 33.1. The Balaban J connectivity index is 1.17. The lowest BCUT2D eigenvalue weighted by Gasteiger charge is -2.35. The molecule has 2 N–H and O–H groups in total. The number of alkyl halides is 3. The molecule has 2 aliphatic carbocycles. The molecule has 4 aromatic rings. The third kappa shape index (κ3) is 8.16. The molecule has 280 valence electrons. The predicted octanol–water partition coefficient (Wildman–Crippen LogP) is 4.69. The van der Waals surface area contributed by atoms with Gasteiger partial charge in [0.15, 0.2) is 11.5 Å². The summed E-state index contributed by atoms with van der Waals surface area (Å²) in [6.45, 7) is 5.26. The number of H-pyrrole nitrogens is 1. The van der Waals surface area contributed by atoms with Crippen LogP contribution in [0.3, 0.4) is 0 Å². The van der Waals surface area contributed by atoms with Crippen LogP contribution in [0.15, 0.2) is 30.7 Å². The van der Waals surface area contributed by atoms with Gasteiger partial charge < -0.3 is 19.5 Å². The molecule has 0 atom stereocenters. The molecule has 52 heavy (non-hydrogen) atoms. The quantitative estimate of drug-likeness (QED) is 0.197. The maximum Gasteiger partial charge on any atom is 0.418 e. The van der Waals surface area contributed by atoms with Gasteiger partial charge in [0.2, 0.25) is 10.0 Å². The average molecular weight is 743 g/mol. The van der Waals surface area contributed by atoms with Crippen LogP contribution in [0.5, 0.6) is 0 Å². The second-order valence-electron chi connectivity index (χ2n) is 14.5. The van der Waals surface area contributed by atoms with E-state index >= 15 is 0 Å². The molecule has 5 heterocycles. The first-order valence-corrected chi connectivity index (χ1v) is 19.6. The minimum absolute atomic E-state index is 0.0428. The van der Waals surface area contributed by atoms with Crippen LogP contribution >= 0.6 is 0 Å². The maximum absolute atomic E-state index is 14.2. The van der Waals surface area contributed by atoms with Gasteiger partial charge in [-0.1, -0.05) is 12.8 Å². The Hall–Kier alpha value is -3.93. The minimum atomic E-state index is -4.53. The number of rotatable bonds is 13. The number of hydrogen-bond acceptors (Lipinski definition) is 11. The lowest BCUT2D eigenvalue weighted by atomic mass is 9.86. The van der Waals surface area contributed by atoms with Gasteiger partial charge in [0.1, 0.15) is 17.0 Å². The smallest absolute Gasteiger partial charge is 0.384 e. The van der Waals surface area contributed by atoms with Crippen molar-refractivity contribution in [2.45, 2.75) is 50.6 Å². The summed E-state index contributed by atoms with van der Waals surface area (Å²) < 4.78 is 73.6. The van der Waals surface area contributed by atoms with Gasteiger partial charge in [-0.2, -0.15) is 13.2 Å². The van der Waals surface area contributed by atoms with Crippen LogP contribution in [0, 0.1) is 5.41 Å². The fraction of sp³-hybridized carbons (Fsp3) is 0.571. The third-order valence-electron chi connectivity index (χ3n) is 10.4. The summed E-state index contributed by atoms with van der Waals surface area (Å²) in [5.41, 5.74) is 2.25. The van der Waals surface area contributed by atoms with Crippen molar-refractivity contribution >= 4 is 32.7 Å². The third-order valence-corrected chi connectivity index (χ3v) is 11.1. The highest BCUT2D eigenvalue weighted by atomic mass is 32.2. The van der Waals surface area contributed by atoms with E-state index in [0.29, 0.717) is 67.5 Å². The van der Waals surface area contributed by atoms with Gasteiger partial charge in [-0.05, 0) is 37.8 Å². The van der Waals surface area contributed by atoms with Gasteiger partial charge in [0.05, 0.1) is 47.9 Å². The Morgan fingerprint density at radius 2 is 1.77 bits per heavy atom. The van der Waals surface area contributed by atoms with E-state index in [2.05, 4.69) is 39.4 Å². The summed E-state index contributed by atoms with van der Waals surface area (Å²) in [6.07, 6.45) is 7.19. The highest BCUT2D eigenvalue weighted by Gasteiger charge is 2.40. The Kier molecular flexibility index (Phi) is 10.1. The number of nitrogens with one attached hydrogen (secondary N) is 2. The van der Waals surface area contributed by atoms with Crippen molar-refractivity contribution < 1.29 is 26.3 Å². The maximum atomic E-state index is 14.2. The van der Waals surface area contributed by atoms with Crippen LogP contribution in [0.1, 0.15) is 55.7 Å².